The highest BCUT2D eigenvalue weighted by molar-refractivity contribution is 6.29. The van der Waals surface area contributed by atoms with Crippen molar-refractivity contribution in [3.8, 4) is 6.07 Å². The predicted octanol–water partition coefficient (Wildman–Crippen LogP) is 4.39. The van der Waals surface area contributed by atoms with Gasteiger partial charge in [-0.05, 0) is 44.2 Å². The van der Waals surface area contributed by atoms with Crippen LogP contribution in [-0.4, -0.2) is 15.5 Å². The molecular weight excluding hydrogens is 324 g/mol. The molecule has 1 amide bonds. The van der Waals surface area contributed by atoms with Gasteiger partial charge in [-0.1, -0.05) is 11.6 Å². The van der Waals surface area contributed by atoms with Crippen LogP contribution >= 0.6 is 11.6 Å². The van der Waals surface area contributed by atoms with Crippen molar-refractivity contribution in [3.05, 3.63) is 59.0 Å². The largest absolute Gasteiger partial charge is 0.344 e. The second kappa shape index (κ2) is 6.34. The Morgan fingerprint density at radius 2 is 2.12 bits per heavy atom. The highest BCUT2D eigenvalue weighted by atomic mass is 35.5. The third kappa shape index (κ3) is 2.97. The first-order valence-corrected chi connectivity index (χ1v) is 7.85. The standard InChI is InChI=1S/C18H15ClN4O/c1-11(2)23-10-13(9-20)15-8-14(3-4-16(15)23)22-18(24)12-5-6-21-17(19)7-12/h3-8,10-11H,1-2H3,(H,22,24). The number of hydrogen-bond acceptors (Lipinski definition) is 3. The number of hydrogen-bond donors (Lipinski definition) is 1. The predicted molar refractivity (Wildman–Crippen MR) is 94.2 cm³/mol. The number of rotatable bonds is 3. The Bertz CT molecular complexity index is 969. The van der Waals surface area contributed by atoms with E-state index in [0.717, 1.165) is 10.9 Å². The molecule has 1 N–H and O–H groups in total. The minimum atomic E-state index is -0.277. The summed E-state index contributed by atoms with van der Waals surface area (Å²) in [7, 11) is 0. The molecule has 6 heteroatoms. The van der Waals surface area contributed by atoms with Gasteiger partial charge in [0.1, 0.15) is 11.2 Å². The quantitative estimate of drug-likeness (QED) is 0.720. The molecule has 0 spiro atoms. The third-order valence-electron chi connectivity index (χ3n) is 3.76. The first-order valence-electron chi connectivity index (χ1n) is 7.47. The Balaban J connectivity index is 1.96. The lowest BCUT2D eigenvalue weighted by Crippen LogP contribution is -2.12. The molecule has 0 unspecified atom stereocenters. The van der Waals surface area contributed by atoms with Gasteiger partial charge in [0.05, 0.1) is 5.56 Å². The molecule has 5 nitrogen and oxygen atoms in total. The smallest absolute Gasteiger partial charge is 0.255 e. The number of carbonyl (C=O) groups excluding carboxylic acids is 1. The van der Waals surface area contributed by atoms with Crippen molar-refractivity contribution < 1.29 is 4.79 Å². The summed E-state index contributed by atoms with van der Waals surface area (Å²) in [5, 5.41) is 13.2. The van der Waals surface area contributed by atoms with Gasteiger partial charge in [-0.3, -0.25) is 4.79 Å². The summed E-state index contributed by atoms with van der Waals surface area (Å²) in [6.07, 6.45) is 3.32. The topological polar surface area (TPSA) is 70.7 Å². The highest BCUT2D eigenvalue weighted by Crippen LogP contribution is 2.27. The summed E-state index contributed by atoms with van der Waals surface area (Å²) < 4.78 is 2.04. The van der Waals surface area contributed by atoms with Crippen LogP contribution in [0.4, 0.5) is 5.69 Å². The number of anilines is 1. The number of fused-ring (bicyclic) bond motifs is 1. The number of aromatic nitrogens is 2. The van der Waals surface area contributed by atoms with E-state index in [1.54, 1.807) is 6.07 Å². The van der Waals surface area contributed by atoms with Gasteiger partial charge in [-0.2, -0.15) is 5.26 Å². The van der Waals surface area contributed by atoms with E-state index in [-0.39, 0.29) is 17.1 Å². The fourth-order valence-electron chi connectivity index (χ4n) is 2.60. The molecule has 0 saturated heterocycles. The van der Waals surface area contributed by atoms with Crippen LogP contribution in [0.25, 0.3) is 10.9 Å². The summed E-state index contributed by atoms with van der Waals surface area (Å²) >= 11 is 5.81. The maximum absolute atomic E-state index is 12.3. The van der Waals surface area contributed by atoms with Gasteiger partial charge < -0.3 is 9.88 Å². The van der Waals surface area contributed by atoms with Crippen molar-refractivity contribution in [1.29, 1.82) is 5.26 Å². The third-order valence-corrected chi connectivity index (χ3v) is 3.96. The summed E-state index contributed by atoms with van der Waals surface area (Å²) in [5.74, 6) is -0.277. The van der Waals surface area contributed by atoms with Crippen LogP contribution in [0.5, 0.6) is 0 Å². The van der Waals surface area contributed by atoms with Gasteiger partial charge in [0.15, 0.2) is 0 Å². The molecular formula is C18H15ClN4O. The summed E-state index contributed by atoms with van der Waals surface area (Å²) in [6, 6.07) is 11.1. The van der Waals surface area contributed by atoms with E-state index < -0.39 is 0 Å². The molecule has 0 bridgehead atoms. The second-order valence-electron chi connectivity index (χ2n) is 5.71. The Morgan fingerprint density at radius 1 is 1.33 bits per heavy atom. The van der Waals surface area contributed by atoms with Crippen molar-refractivity contribution in [2.24, 2.45) is 0 Å². The van der Waals surface area contributed by atoms with Crippen LogP contribution in [0.3, 0.4) is 0 Å². The van der Waals surface area contributed by atoms with Gasteiger partial charge in [-0.25, -0.2) is 4.98 Å². The van der Waals surface area contributed by atoms with Crippen molar-refractivity contribution in [2.75, 3.05) is 5.32 Å². The first-order chi connectivity index (χ1) is 11.5. The zero-order chi connectivity index (χ0) is 17.3. The Labute approximate surface area is 144 Å². The lowest BCUT2D eigenvalue weighted by Gasteiger charge is -2.10. The Morgan fingerprint density at radius 3 is 2.79 bits per heavy atom. The van der Waals surface area contributed by atoms with Gasteiger partial charge in [-0.15, -0.1) is 0 Å². The average molecular weight is 339 g/mol. The van der Waals surface area contributed by atoms with Crippen molar-refractivity contribution in [3.63, 3.8) is 0 Å². The molecule has 3 aromatic rings. The van der Waals surface area contributed by atoms with Crippen molar-refractivity contribution in [2.45, 2.75) is 19.9 Å². The minimum absolute atomic E-state index is 0.244. The number of pyridine rings is 1. The van der Waals surface area contributed by atoms with E-state index in [2.05, 4.69) is 30.2 Å². The molecule has 0 radical (unpaired) electrons. The Hall–Kier alpha value is -2.84. The normalized spacial score (nSPS) is 10.8. The van der Waals surface area contributed by atoms with Crippen LogP contribution in [0.1, 0.15) is 35.8 Å². The van der Waals surface area contributed by atoms with Crippen LogP contribution in [-0.2, 0) is 0 Å². The maximum Gasteiger partial charge on any atom is 0.255 e. The average Bonchev–Trinajstić information content (AvgIpc) is 2.93. The summed E-state index contributed by atoms with van der Waals surface area (Å²) in [4.78, 5) is 16.2. The SMILES string of the molecule is CC(C)n1cc(C#N)c2cc(NC(=O)c3ccnc(Cl)c3)ccc21. The zero-order valence-corrected chi connectivity index (χ0v) is 14.0. The fourth-order valence-corrected chi connectivity index (χ4v) is 2.77. The molecule has 1 aromatic carbocycles. The molecule has 3 rings (SSSR count). The Kier molecular flexibility index (Phi) is 4.24. The monoisotopic (exact) mass is 338 g/mol. The zero-order valence-electron chi connectivity index (χ0n) is 13.2. The first kappa shape index (κ1) is 16.0. The van der Waals surface area contributed by atoms with Crippen LogP contribution in [0, 0.1) is 11.3 Å². The van der Waals surface area contributed by atoms with E-state index in [9.17, 15) is 10.1 Å². The van der Waals surface area contributed by atoms with E-state index in [1.165, 1.54) is 12.3 Å². The van der Waals surface area contributed by atoms with Gasteiger partial charge in [0.2, 0.25) is 0 Å². The second-order valence-corrected chi connectivity index (χ2v) is 6.10. The van der Waals surface area contributed by atoms with Gasteiger partial charge in [0.25, 0.3) is 5.91 Å². The number of halogens is 1. The van der Waals surface area contributed by atoms with Crippen LogP contribution in [0.15, 0.2) is 42.7 Å². The van der Waals surface area contributed by atoms with Crippen LogP contribution < -0.4 is 5.32 Å². The number of nitrogens with one attached hydrogen (secondary N) is 1. The summed E-state index contributed by atoms with van der Waals surface area (Å²) in [5.41, 5.74) is 2.60. The maximum atomic E-state index is 12.3. The molecule has 0 fully saturated rings. The molecule has 24 heavy (non-hydrogen) atoms. The van der Waals surface area contributed by atoms with E-state index in [0.29, 0.717) is 16.8 Å². The summed E-state index contributed by atoms with van der Waals surface area (Å²) in [6.45, 7) is 4.12. The van der Waals surface area contributed by atoms with Gasteiger partial charge in [0, 0.05) is 40.6 Å². The van der Waals surface area contributed by atoms with E-state index in [1.807, 2.05) is 29.0 Å². The number of nitriles is 1. The van der Waals surface area contributed by atoms with Crippen molar-refractivity contribution >= 4 is 34.1 Å². The number of nitrogens with zero attached hydrogens (tertiary/aromatic N) is 3. The van der Waals surface area contributed by atoms with E-state index in [4.69, 9.17) is 11.6 Å². The van der Waals surface area contributed by atoms with Crippen molar-refractivity contribution in [1.82, 2.24) is 9.55 Å². The van der Waals surface area contributed by atoms with Gasteiger partial charge >= 0.3 is 0 Å². The molecule has 120 valence electrons. The lowest BCUT2D eigenvalue weighted by molar-refractivity contribution is 0.102. The number of benzene rings is 1. The molecule has 0 aliphatic heterocycles. The number of carbonyl (C=O) groups is 1. The highest BCUT2D eigenvalue weighted by Gasteiger charge is 2.13. The fraction of sp³-hybridized carbons (Fsp3) is 0.167. The molecule has 2 aromatic heterocycles. The molecule has 0 saturated carbocycles. The molecule has 2 heterocycles. The molecule has 0 aliphatic rings. The number of amides is 1. The lowest BCUT2D eigenvalue weighted by atomic mass is 10.1. The minimum Gasteiger partial charge on any atom is -0.344 e. The molecule has 0 aliphatic carbocycles. The van der Waals surface area contributed by atoms with Crippen LogP contribution in [0.2, 0.25) is 5.15 Å². The molecule has 0 atom stereocenters. The van der Waals surface area contributed by atoms with E-state index >= 15 is 0 Å².